The lowest BCUT2D eigenvalue weighted by atomic mass is 9.40. The van der Waals surface area contributed by atoms with Gasteiger partial charge in [-0.1, -0.05) is 41.2 Å². The van der Waals surface area contributed by atoms with Gasteiger partial charge in [0.05, 0.1) is 0 Å². The van der Waals surface area contributed by atoms with E-state index in [4.69, 9.17) is 9.53 Å². The van der Waals surface area contributed by atoms with E-state index in [1.54, 1.807) is 6.92 Å². The van der Waals surface area contributed by atoms with E-state index in [1.807, 2.05) is 6.79 Å². The van der Waals surface area contributed by atoms with Gasteiger partial charge in [-0.25, -0.2) is 4.79 Å². The zero-order valence-electron chi connectivity index (χ0n) is 22.6. The SMILES string of the molecule is C=C(C)C(=O)OC1CCC2(C)C(C1)C[C@@H](C)C1C2C[C@H](C)C2(C)C(C(C)CCO)CCC12.C=O. The van der Waals surface area contributed by atoms with Crippen molar-refractivity contribution >= 4 is 12.8 Å². The van der Waals surface area contributed by atoms with Crippen molar-refractivity contribution in [2.75, 3.05) is 6.61 Å². The second-order valence-corrected chi connectivity index (χ2v) is 13.0. The van der Waals surface area contributed by atoms with Gasteiger partial charge >= 0.3 is 5.97 Å². The Hall–Kier alpha value is -1.16. The number of aliphatic hydroxyl groups is 1. The summed E-state index contributed by atoms with van der Waals surface area (Å²) in [6, 6.07) is 0. The molecule has 0 amide bonds. The highest BCUT2D eigenvalue weighted by molar-refractivity contribution is 5.87. The molecule has 11 atom stereocenters. The fraction of sp³-hybridized carbons (Fsp3) is 0.867. The summed E-state index contributed by atoms with van der Waals surface area (Å²) in [5.74, 6) is 5.78. The van der Waals surface area contributed by atoms with Crippen LogP contribution in [0.4, 0.5) is 0 Å². The van der Waals surface area contributed by atoms with Gasteiger partial charge in [-0.15, -0.1) is 0 Å². The Balaban J connectivity index is 0.00000158. The molecule has 4 fully saturated rings. The van der Waals surface area contributed by atoms with Crippen LogP contribution in [0, 0.1) is 58.2 Å². The van der Waals surface area contributed by atoms with E-state index >= 15 is 0 Å². The minimum absolute atomic E-state index is 0.0718. The summed E-state index contributed by atoms with van der Waals surface area (Å²) < 4.78 is 5.83. The van der Waals surface area contributed by atoms with Gasteiger partial charge in [0.1, 0.15) is 12.9 Å². The van der Waals surface area contributed by atoms with Crippen LogP contribution in [0.3, 0.4) is 0 Å². The molecule has 4 aliphatic carbocycles. The van der Waals surface area contributed by atoms with Crippen LogP contribution >= 0.6 is 0 Å². The Bertz CT molecular complexity index is 748. The van der Waals surface area contributed by atoms with E-state index < -0.39 is 0 Å². The number of rotatable bonds is 5. The first kappa shape index (κ1) is 27.4. The molecule has 0 heterocycles. The summed E-state index contributed by atoms with van der Waals surface area (Å²) in [5.41, 5.74) is 1.32. The minimum atomic E-state index is -0.212. The molecule has 0 radical (unpaired) electrons. The van der Waals surface area contributed by atoms with Crippen LogP contribution in [-0.4, -0.2) is 30.6 Å². The Morgan fingerprint density at radius 1 is 1.09 bits per heavy atom. The molecule has 0 spiro atoms. The molecule has 194 valence electrons. The van der Waals surface area contributed by atoms with Gasteiger partial charge in [0.25, 0.3) is 0 Å². The zero-order chi connectivity index (χ0) is 25.4. The predicted molar refractivity (Wildman–Crippen MR) is 137 cm³/mol. The van der Waals surface area contributed by atoms with Crippen molar-refractivity contribution in [2.45, 2.75) is 99.0 Å². The van der Waals surface area contributed by atoms with Crippen LogP contribution in [0.1, 0.15) is 92.9 Å². The number of carbonyl (C=O) groups excluding carboxylic acids is 2. The van der Waals surface area contributed by atoms with Gasteiger partial charge in [0.2, 0.25) is 0 Å². The van der Waals surface area contributed by atoms with Crippen molar-refractivity contribution in [1.82, 2.24) is 0 Å². The van der Waals surface area contributed by atoms with Gasteiger partial charge in [0, 0.05) is 12.2 Å². The summed E-state index contributed by atoms with van der Waals surface area (Å²) in [7, 11) is 0. The zero-order valence-corrected chi connectivity index (χ0v) is 22.6. The molecule has 1 N–H and O–H groups in total. The molecule has 0 aromatic rings. The van der Waals surface area contributed by atoms with E-state index in [0.717, 1.165) is 54.8 Å². The average molecular weight is 475 g/mol. The number of hydrogen-bond donors (Lipinski definition) is 1. The molecule has 0 bridgehead atoms. The molecule has 4 aliphatic rings. The first-order valence-electron chi connectivity index (χ1n) is 13.8. The van der Waals surface area contributed by atoms with Gasteiger partial charge in [-0.3, -0.25) is 0 Å². The molecule has 34 heavy (non-hydrogen) atoms. The highest BCUT2D eigenvalue weighted by Gasteiger charge is 2.64. The van der Waals surface area contributed by atoms with Crippen molar-refractivity contribution in [2.24, 2.45) is 58.2 Å². The molecular formula is C30H50O4. The number of esters is 1. The third-order valence-electron chi connectivity index (χ3n) is 11.5. The van der Waals surface area contributed by atoms with Crippen LogP contribution in [0.15, 0.2) is 12.2 Å². The Kier molecular flexibility index (Phi) is 8.43. The lowest BCUT2D eigenvalue weighted by molar-refractivity contribution is -0.177. The van der Waals surface area contributed by atoms with Gasteiger partial charge < -0.3 is 14.6 Å². The third kappa shape index (κ3) is 4.42. The van der Waals surface area contributed by atoms with E-state index in [0.29, 0.717) is 34.8 Å². The van der Waals surface area contributed by atoms with Crippen molar-refractivity contribution < 1.29 is 19.4 Å². The minimum Gasteiger partial charge on any atom is -0.459 e. The van der Waals surface area contributed by atoms with Crippen molar-refractivity contribution in [3.05, 3.63) is 12.2 Å². The lowest BCUT2D eigenvalue weighted by Crippen LogP contribution is -2.59. The fourth-order valence-corrected chi connectivity index (χ4v) is 9.67. The number of ether oxygens (including phenoxy) is 1. The number of aliphatic hydroxyl groups excluding tert-OH is 1. The van der Waals surface area contributed by atoms with Crippen LogP contribution < -0.4 is 0 Å². The predicted octanol–water partition coefficient (Wildman–Crippen LogP) is 6.46. The number of carbonyl (C=O) groups is 2. The summed E-state index contributed by atoms with van der Waals surface area (Å²) in [4.78, 5) is 20.1. The largest absolute Gasteiger partial charge is 0.459 e. The summed E-state index contributed by atoms with van der Waals surface area (Å²) in [6.07, 6.45) is 9.64. The third-order valence-corrected chi connectivity index (χ3v) is 11.5. The van der Waals surface area contributed by atoms with Crippen LogP contribution in [0.2, 0.25) is 0 Å². The molecule has 4 heteroatoms. The summed E-state index contributed by atoms with van der Waals surface area (Å²) >= 11 is 0. The topological polar surface area (TPSA) is 63.6 Å². The molecule has 0 aromatic carbocycles. The Labute approximate surface area is 208 Å². The lowest BCUT2D eigenvalue weighted by Gasteiger charge is -2.65. The fourth-order valence-electron chi connectivity index (χ4n) is 9.67. The van der Waals surface area contributed by atoms with Crippen molar-refractivity contribution in [1.29, 1.82) is 0 Å². The molecule has 0 aliphatic heterocycles. The van der Waals surface area contributed by atoms with Gasteiger partial charge in [0.15, 0.2) is 0 Å². The van der Waals surface area contributed by atoms with Gasteiger partial charge in [-0.2, -0.15) is 0 Å². The molecule has 9 unspecified atom stereocenters. The maximum Gasteiger partial charge on any atom is 0.333 e. The number of fused-ring (bicyclic) bond motifs is 5. The normalized spacial score (nSPS) is 46.1. The van der Waals surface area contributed by atoms with Crippen LogP contribution in [0.5, 0.6) is 0 Å². The number of hydrogen-bond acceptors (Lipinski definition) is 4. The highest BCUT2D eigenvalue weighted by atomic mass is 16.5. The maximum absolute atomic E-state index is 12.1. The van der Waals surface area contributed by atoms with E-state index in [1.165, 1.54) is 32.1 Å². The molecule has 0 aromatic heterocycles. The standard InChI is InChI=1S/C29H48O3.CH2O/c1-17(2)27(31)32-22-10-12-28(6)21(16-22)14-19(4)26-24-9-8-23(18(3)11-13-30)29(24,7)20(5)15-25(26)28;1-2/h18-26,30H,1,8-16H2,2-7H3;1H2/t18?,19-,20+,21?,22?,23?,24?,25?,26?,28?,29?;/m1./s1. The Morgan fingerprint density at radius 3 is 2.38 bits per heavy atom. The quantitative estimate of drug-likeness (QED) is 0.367. The summed E-state index contributed by atoms with van der Waals surface area (Å²) in [5, 5.41) is 9.61. The first-order chi connectivity index (χ1) is 16.0. The Morgan fingerprint density at radius 2 is 1.76 bits per heavy atom. The highest BCUT2D eigenvalue weighted by Crippen LogP contribution is 2.71. The van der Waals surface area contributed by atoms with Crippen LogP contribution in [-0.2, 0) is 14.3 Å². The first-order valence-corrected chi connectivity index (χ1v) is 13.8. The monoisotopic (exact) mass is 474 g/mol. The smallest absolute Gasteiger partial charge is 0.333 e. The van der Waals surface area contributed by atoms with Crippen LogP contribution in [0.25, 0.3) is 0 Å². The second-order valence-electron chi connectivity index (χ2n) is 13.0. The molecule has 4 saturated carbocycles. The second kappa shape index (κ2) is 10.4. The molecule has 4 rings (SSSR count). The molecule has 0 saturated heterocycles. The van der Waals surface area contributed by atoms with Crippen molar-refractivity contribution in [3.8, 4) is 0 Å². The maximum atomic E-state index is 12.1. The van der Waals surface area contributed by atoms with E-state index in [-0.39, 0.29) is 12.1 Å². The average Bonchev–Trinajstić information content (AvgIpc) is 3.15. The summed E-state index contributed by atoms with van der Waals surface area (Å²) in [6.45, 7) is 20.5. The van der Waals surface area contributed by atoms with E-state index in [2.05, 4.69) is 41.2 Å². The molecule has 4 nitrogen and oxygen atoms in total. The van der Waals surface area contributed by atoms with Crippen molar-refractivity contribution in [3.63, 3.8) is 0 Å². The van der Waals surface area contributed by atoms with Gasteiger partial charge in [-0.05, 0) is 116 Å². The molecular weight excluding hydrogens is 424 g/mol. The van der Waals surface area contributed by atoms with E-state index in [9.17, 15) is 9.90 Å².